The molecule has 0 radical (unpaired) electrons. The van der Waals surface area contributed by atoms with Gasteiger partial charge in [-0.3, -0.25) is 9.59 Å². The molecule has 1 fully saturated rings. The van der Waals surface area contributed by atoms with Crippen LogP contribution >= 0.6 is 22.7 Å². The van der Waals surface area contributed by atoms with Gasteiger partial charge in [-0.1, -0.05) is 46.0 Å². The molecule has 0 saturated heterocycles. The number of carbonyl (C=O) groups excluding carboxylic acids is 2. The minimum absolute atomic E-state index is 0.0699. The Kier molecular flexibility index (Phi) is 8.60. The van der Waals surface area contributed by atoms with Crippen molar-refractivity contribution in [2.45, 2.75) is 90.9 Å². The highest BCUT2D eigenvalue weighted by Gasteiger charge is 2.54. The van der Waals surface area contributed by atoms with E-state index in [9.17, 15) is 9.59 Å². The molecule has 0 spiro atoms. The number of hydrogen-bond donors (Lipinski definition) is 0. The zero-order valence-corrected chi connectivity index (χ0v) is 20.7. The Balaban J connectivity index is 1.69. The van der Waals surface area contributed by atoms with Crippen molar-refractivity contribution in [1.29, 1.82) is 0 Å². The second-order valence-corrected chi connectivity index (χ2v) is 10.4. The van der Waals surface area contributed by atoms with Gasteiger partial charge in [-0.05, 0) is 43.1 Å². The van der Waals surface area contributed by atoms with E-state index in [1.165, 1.54) is 54.8 Å². The Hall–Kier alpha value is -1.80. The molecule has 0 atom stereocenters. The van der Waals surface area contributed by atoms with Crippen LogP contribution in [0.2, 0.25) is 0 Å². The first-order valence-corrected chi connectivity index (χ1v) is 13.1. The van der Waals surface area contributed by atoms with Crippen LogP contribution in [0.4, 0.5) is 5.13 Å². The number of carbonyl (C=O) groups is 2. The van der Waals surface area contributed by atoms with Crippen molar-refractivity contribution in [3.8, 4) is 0 Å². The van der Waals surface area contributed by atoms with E-state index >= 15 is 0 Å². The molecule has 1 saturated carbocycles. The van der Waals surface area contributed by atoms with Gasteiger partial charge < -0.3 is 0 Å². The highest BCUT2D eigenvalue weighted by Crippen LogP contribution is 2.45. The lowest BCUT2D eigenvalue weighted by atomic mass is 9.71. The van der Waals surface area contributed by atoms with E-state index in [1.54, 1.807) is 0 Å². The minimum atomic E-state index is -0.764. The fraction of sp³-hybridized carbons (Fsp3) is 0.652. The first-order valence-electron chi connectivity index (χ1n) is 11.4. The number of aromatic nitrogens is 3. The van der Waals surface area contributed by atoms with Crippen molar-refractivity contribution >= 4 is 45.6 Å². The predicted octanol–water partition coefficient (Wildman–Crippen LogP) is 5.51. The lowest BCUT2D eigenvalue weighted by molar-refractivity contribution is -0.437. The van der Waals surface area contributed by atoms with Gasteiger partial charge in [0.05, 0.1) is 28.6 Å². The molecular formula is C23H33N4O2S2+. The van der Waals surface area contributed by atoms with Crippen LogP contribution in [0.25, 0.3) is 0 Å². The van der Waals surface area contributed by atoms with Crippen molar-refractivity contribution in [1.82, 2.24) is 15.2 Å². The SMILES string of the molecule is CCCCCCC/C=[N+](/CCCC)c1nnc(C2C(=O)C(c3sc(C)nc3C)C2=O)s1. The molecule has 2 aromatic heterocycles. The quantitative estimate of drug-likeness (QED) is 0.180. The second-order valence-electron chi connectivity index (χ2n) is 8.21. The zero-order chi connectivity index (χ0) is 22.4. The summed E-state index contributed by atoms with van der Waals surface area (Å²) in [6, 6.07) is 0. The second kappa shape index (κ2) is 11.2. The summed E-state index contributed by atoms with van der Waals surface area (Å²) in [5, 5.41) is 10.8. The monoisotopic (exact) mass is 461 g/mol. The molecule has 0 aliphatic heterocycles. The van der Waals surface area contributed by atoms with Crippen LogP contribution < -0.4 is 0 Å². The zero-order valence-electron chi connectivity index (χ0n) is 19.0. The van der Waals surface area contributed by atoms with Gasteiger partial charge in [-0.15, -0.1) is 11.3 Å². The van der Waals surface area contributed by atoms with Crippen LogP contribution in [0.1, 0.15) is 97.6 Å². The van der Waals surface area contributed by atoms with E-state index in [0.717, 1.165) is 46.5 Å². The molecular weight excluding hydrogens is 428 g/mol. The molecule has 6 nitrogen and oxygen atoms in total. The van der Waals surface area contributed by atoms with E-state index < -0.39 is 11.8 Å². The van der Waals surface area contributed by atoms with Gasteiger partial charge in [0.2, 0.25) is 0 Å². The first kappa shape index (κ1) is 23.9. The van der Waals surface area contributed by atoms with Gasteiger partial charge in [-0.2, -0.15) is 0 Å². The maximum atomic E-state index is 12.9. The standard InChI is InChI=1S/C23H33N4O2S2/c1-5-7-9-10-11-12-14-27(13-8-6-2)23-26-25-22(31-23)18-19(28)17(20(18)29)21-15(3)24-16(4)30-21/h14,17-18H,5-13H2,1-4H3/q+1/b27-14-. The van der Waals surface area contributed by atoms with E-state index in [1.807, 2.05) is 13.8 Å². The molecule has 31 heavy (non-hydrogen) atoms. The Morgan fingerprint density at radius 1 is 0.903 bits per heavy atom. The smallest absolute Gasteiger partial charge is 0.297 e. The summed E-state index contributed by atoms with van der Waals surface area (Å²) in [5.41, 5.74) is 0.782. The fourth-order valence-electron chi connectivity index (χ4n) is 3.88. The van der Waals surface area contributed by atoms with Gasteiger partial charge in [-0.25, -0.2) is 9.56 Å². The topological polar surface area (TPSA) is 75.8 Å². The van der Waals surface area contributed by atoms with E-state index in [4.69, 9.17) is 0 Å². The van der Waals surface area contributed by atoms with Crippen LogP contribution in [0.5, 0.6) is 0 Å². The molecule has 0 amide bonds. The van der Waals surface area contributed by atoms with E-state index in [-0.39, 0.29) is 11.6 Å². The van der Waals surface area contributed by atoms with Crippen molar-refractivity contribution in [2.24, 2.45) is 0 Å². The molecule has 1 aliphatic rings. The Labute approximate surface area is 192 Å². The molecule has 0 aromatic carbocycles. The number of nitrogens with zero attached hydrogens (tertiary/aromatic N) is 4. The van der Waals surface area contributed by atoms with Crippen molar-refractivity contribution in [3.63, 3.8) is 0 Å². The third kappa shape index (κ3) is 5.52. The van der Waals surface area contributed by atoms with Crippen LogP contribution in [-0.2, 0) is 9.59 Å². The molecule has 168 valence electrons. The third-order valence-corrected chi connectivity index (χ3v) is 7.83. The highest BCUT2D eigenvalue weighted by atomic mass is 32.1. The molecule has 1 aliphatic carbocycles. The lowest BCUT2D eigenvalue weighted by Gasteiger charge is -2.29. The van der Waals surface area contributed by atoms with Gasteiger partial charge in [0.1, 0.15) is 11.8 Å². The number of unbranched alkanes of at least 4 members (excludes halogenated alkanes) is 6. The average molecular weight is 462 g/mol. The number of hydrogen-bond acceptors (Lipinski definition) is 7. The minimum Gasteiger partial charge on any atom is -0.297 e. The van der Waals surface area contributed by atoms with Crippen LogP contribution in [0.3, 0.4) is 0 Å². The van der Waals surface area contributed by atoms with Crippen LogP contribution in [-0.4, -0.2) is 44.1 Å². The summed E-state index contributed by atoms with van der Waals surface area (Å²) >= 11 is 2.82. The molecule has 3 rings (SSSR count). The van der Waals surface area contributed by atoms with Gasteiger partial charge in [0.15, 0.2) is 16.6 Å². The number of thiazole rings is 1. The Morgan fingerprint density at radius 3 is 2.26 bits per heavy atom. The molecule has 2 aromatic rings. The van der Waals surface area contributed by atoms with Crippen LogP contribution in [0.15, 0.2) is 0 Å². The van der Waals surface area contributed by atoms with E-state index in [0.29, 0.717) is 5.01 Å². The molecule has 0 unspecified atom stereocenters. The third-order valence-electron chi connectivity index (χ3n) is 5.67. The summed E-state index contributed by atoms with van der Waals surface area (Å²) in [4.78, 5) is 30.9. The Bertz CT molecular complexity index is 931. The summed E-state index contributed by atoms with van der Waals surface area (Å²) in [5.74, 6) is -1.58. The average Bonchev–Trinajstić information content (AvgIpc) is 3.33. The fourth-order valence-corrected chi connectivity index (χ4v) is 5.91. The normalized spacial score (nSPS) is 19.2. The van der Waals surface area contributed by atoms with Crippen LogP contribution in [0, 0.1) is 13.8 Å². The van der Waals surface area contributed by atoms with E-state index in [2.05, 4.69) is 39.8 Å². The van der Waals surface area contributed by atoms with Gasteiger partial charge in [0, 0.05) is 11.3 Å². The summed E-state index contributed by atoms with van der Waals surface area (Å²) in [6.07, 6.45) is 11.6. The largest absolute Gasteiger partial charge is 0.409 e. The van der Waals surface area contributed by atoms with Gasteiger partial charge >= 0.3 is 5.13 Å². The maximum Gasteiger partial charge on any atom is 0.409 e. The predicted molar refractivity (Wildman–Crippen MR) is 126 cm³/mol. The first-order chi connectivity index (χ1) is 15.0. The summed E-state index contributed by atoms with van der Waals surface area (Å²) in [6.45, 7) is 9.04. The molecule has 0 bridgehead atoms. The molecule has 0 N–H and O–H groups in total. The maximum absolute atomic E-state index is 12.9. The molecule has 2 heterocycles. The van der Waals surface area contributed by atoms with Crippen molar-refractivity contribution in [2.75, 3.05) is 6.54 Å². The lowest BCUT2D eigenvalue weighted by Crippen LogP contribution is -2.44. The number of ketones is 2. The number of aryl methyl sites for hydroxylation is 2. The number of rotatable bonds is 12. The Morgan fingerprint density at radius 2 is 1.61 bits per heavy atom. The highest BCUT2D eigenvalue weighted by molar-refractivity contribution is 7.15. The van der Waals surface area contributed by atoms with Crippen molar-refractivity contribution in [3.05, 3.63) is 20.6 Å². The summed E-state index contributed by atoms with van der Waals surface area (Å²) < 4.78 is 2.16. The van der Waals surface area contributed by atoms with Crippen molar-refractivity contribution < 1.29 is 14.2 Å². The number of Topliss-reactive ketones (excluding diaryl/α,β-unsaturated/α-hetero) is 2. The molecule has 8 heteroatoms. The van der Waals surface area contributed by atoms with Gasteiger partial charge in [0.25, 0.3) is 0 Å². The summed E-state index contributed by atoms with van der Waals surface area (Å²) in [7, 11) is 0.